The molecular formula is C25H37N5O4S2. The van der Waals surface area contributed by atoms with Gasteiger partial charge in [0.2, 0.25) is 15.9 Å². The lowest BCUT2D eigenvalue weighted by atomic mass is 9.98. The summed E-state index contributed by atoms with van der Waals surface area (Å²) in [6, 6.07) is 7.35. The van der Waals surface area contributed by atoms with Crippen molar-refractivity contribution in [3.63, 3.8) is 0 Å². The molecule has 0 aliphatic carbocycles. The minimum absolute atomic E-state index is 0.120. The molecule has 9 nitrogen and oxygen atoms in total. The number of piperidine rings is 2. The molecule has 1 aromatic carbocycles. The Balaban J connectivity index is 1.51. The molecule has 0 spiro atoms. The van der Waals surface area contributed by atoms with Crippen molar-refractivity contribution in [3.8, 4) is 11.4 Å². The highest BCUT2D eigenvalue weighted by molar-refractivity contribution is 7.99. The summed E-state index contributed by atoms with van der Waals surface area (Å²) in [6.45, 7) is 6.38. The average molecular weight is 536 g/mol. The summed E-state index contributed by atoms with van der Waals surface area (Å²) in [5.74, 6) is 1.05. The van der Waals surface area contributed by atoms with Crippen molar-refractivity contribution in [2.75, 3.05) is 32.6 Å². The van der Waals surface area contributed by atoms with Gasteiger partial charge in [-0.1, -0.05) is 18.2 Å². The zero-order valence-electron chi connectivity index (χ0n) is 21.4. The number of benzene rings is 1. The van der Waals surface area contributed by atoms with Crippen LogP contribution in [0.3, 0.4) is 0 Å². The number of sulfonamides is 1. The van der Waals surface area contributed by atoms with Gasteiger partial charge in [0.25, 0.3) is 0 Å². The number of carbonyl (C=O) groups excluding carboxylic acids is 1. The number of aromatic nitrogens is 3. The van der Waals surface area contributed by atoms with Crippen molar-refractivity contribution in [3.05, 3.63) is 24.3 Å². The zero-order chi connectivity index (χ0) is 25.7. The smallest absolute Gasteiger partial charge is 0.243 e. The van der Waals surface area contributed by atoms with Crippen LogP contribution in [0, 0.1) is 0 Å². The van der Waals surface area contributed by atoms with Gasteiger partial charge in [0, 0.05) is 37.8 Å². The lowest BCUT2D eigenvalue weighted by Crippen LogP contribution is -2.48. The molecule has 0 bridgehead atoms. The molecule has 2 saturated heterocycles. The highest BCUT2D eigenvalue weighted by atomic mass is 32.2. The molecule has 2 atom stereocenters. The standard InChI is InChI=1S/C25H37N5O4S2/c1-19-8-7-9-20(2)30(19)23(31)18-35-25-27-26-24(29(25)16-17-34-3)21-10-12-22(13-11-21)36(32,33)28-14-5-4-6-15-28/h10-13,19-20H,4-9,14-18H2,1-3H3/t19-,20+. The molecular weight excluding hydrogens is 498 g/mol. The van der Waals surface area contributed by atoms with Crippen molar-refractivity contribution >= 4 is 27.7 Å². The summed E-state index contributed by atoms with van der Waals surface area (Å²) in [4.78, 5) is 15.3. The van der Waals surface area contributed by atoms with Crippen LogP contribution in [-0.4, -0.2) is 82.9 Å². The SMILES string of the molecule is COCCn1c(SCC(=O)N2[C@H](C)CCC[C@@H]2C)nnc1-c1ccc(S(=O)(=O)N2CCCCC2)cc1. The zero-order valence-corrected chi connectivity index (χ0v) is 23.1. The van der Waals surface area contributed by atoms with Crippen molar-refractivity contribution < 1.29 is 17.9 Å². The van der Waals surface area contributed by atoms with Crippen LogP contribution in [-0.2, 0) is 26.1 Å². The Kier molecular flexibility index (Phi) is 9.08. The van der Waals surface area contributed by atoms with E-state index in [4.69, 9.17) is 4.74 Å². The Morgan fingerprint density at radius 2 is 1.69 bits per heavy atom. The van der Waals surface area contributed by atoms with Crippen molar-refractivity contribution in [2.45, 2.75) is 81.1 Å². The number of hydrogen-bond donors (Lipinski definition) is 0. The summed E-state index contributed by atoms with van der Waals surface area (Å²) < 4.78 is 34.8. The fourth-order valence-electron chi connectivity index (χ4n) is 5.14. The highest BCUT2D eigenvalue weighted by Gasteiger charge is 2.29. The van der Waals surface area contributed by atoms with E-state index in [0.29, 0.717) is 47.9 Å². The number of nitrogens with zero attached hydrogens (tertiary/aromatic N) is 5. The summed E-state index contributed by atoms with van der Waals surface area (Å²) in [6.07, 6.45) is 6.11. The second kappa shape index (κ2) is 12.1. The van der Waals surface area contributed by atoms with Gasteiger partial charge in [-0.15, -0.1) is 10.2 Å². The molecule has 2 fully saturated rings. The minimum atomic E-state index is -3.49. The molecule has 2 aliphatic rings. The first-order chi connectivity index (χ1) is 17.3. The Labute approximate surface area is 218 Å². The molecule has 36 heavy (non-hydrogen) atoms. The fraction of sp³-hybridized carbons (Fsp3) is 0.640. The maximum atomic E-state index is 13.0. The third-order valence-electron chi connectivity index (χ3n) is 7.11. The topological polar surface area (TPSA) is 97.6 Å². The number of thioether (sulfide) groups is 1. The summed E-state index contributed by atoms with van der Waals surface area (Å²) in [5.41, 5.74) is 0.771. The predicted molar refractivity (Wildman–Crippen MR) is 140 cm³/mol. The van der Waals surface area contributed by atoms with Gasteiger partial charge >= 0.3 is 0 Å². The number of likely N-dealkylation sites (tertiary alicyclic amines) is 1. The van der Waals surface area contributed by atoms with E-state index in [2.05, 4.69) is 24.0 Å². The molecule has 11 heteroatoms. The molecule has 0 N–H and O–H groups in total. The van der Waals surface area contributed by atoms with Crippen LogP contribution in [0.25, 0.3) is 11.4 Å². The molecule has 2 aromatic rings. The molecule has 0 radical (unpaired) electrons. The van der Waals surface area contributed by atoms with Crippen molar-refractivity contribution in [1.82, 2.24) is 24.0 Å². The normalized spacial score (nSPS) is 21.6. The van der Waals surface area contributed by atoms with E-state index in [1.807, 2.05) is 9.47 Å². The number of amides is 1. The van der Waals surface area contributed by atoms with Gasteiger partial charge in [0.15, 0.2) is 11.0 Å². The molecule has 198 valence electrons. The van der Waals surface area contributed by atoms with Crippen molar-refractivity contribution in [1.29, 1.82) is 0 Å². The maximum Gasteiger partial charge on any atom is 0.243 e. The Morgan fingerprint density at radius 3 is 2.33 bits per heavy atom. The summed E-state index contributed by atoms with van der Waals surface area (Å²) >= 11 is 1.39. The van der Waals surface area contributed by atoms with Crippen LogP contribution in [0.15, 0.2) is 34.3 Å². The Morgan fingerprint density at radius 1 is 1.03 bits per heavy atom. The first-order valence-corrected chi connectivity index (χ1v) is 15.2. The van der Waals surface area contributed by atoms with Crippen LogP contribution in [0.1, 0.15) is 52.4 Å². The van der Waals surface area contributed by atoms with E-state index in [1.54, 1.807) is 35.7 Å². The van der Waals surface area contributed by atoms with Crippen LogP contribution >= 0.6 is 11.8 Å². The number of methoxy groups -OCH3 is 1. The first kappa shape index (κ1) is 27.1. The Bertz CT molecular complexity index is 1120. The molecule has 2 aliphatic heterocycles. The lowest BCUT2D eigenvalue weighted by molar-refractivity contribution is -0.134. The largest absolute Gasteiger partial charge is 0.383 e. The number of ether oxygens (including phenoxy) is 1. The number of hydrogen-bond acceptors (Lipinski definition) is 7. The van der Waals surface area contributed by atoms with Gasteiger partial charge in [-0.25, -0.2) is 8.42 Å². The second-order valence-corrected chi connectivity index (χ2v) is 12.5. The van der Waals surface area contributed by atoms with E-state index < -0.39 is 10.0 Å². The van der Waals surface area contributed by atoms with Gasteiger partial charge in [-0.3, -0.25) is 9.36 Å². The van der Waals surface area contributed by atoms with Gasteiger partial charge in [-0.2, -0.15) is 4.31 Å². The average Bonchev–Trinajstić information content (AvgIpc) is 3.29. The highest BCUT2D eigenvalue weighted by Crippen LogP contribution is 2.28. The summed E-state index contributed by atoms with van der Waals surface area (Å²) in [5, 5.41) is 9.41. The van der Waals surface area contributed by atoms with Gasteiger partial charge in [-0.05, 0) is 70.2 Å². The first-order valence-electron chi connectivity index (χ1n) is 12.8. The van der Waals surface area contributed by atoms with E-state index in [9.17, 15) is 13.2 Å². The van der Waals surface area contributed by atoms with Crippen LogP contribution in [0.2, 0.25) is 0 Å². The number of carbonyl (C=O) groups is 1. The molecule has 4 rings (SSSR count). The molecule has 0 unspecified atom stereocenters. The number of rotatable bonds is 9. The van der Waals surface area contributed by atoms with E-state index >= 15 is 0 Å². The third-order valence-corrected chi connectivity index (χ3v) is 9.97. The van der Waals surface area contributed by atoms with Gasteiger partial charge in [0.05, 0.1) is 23.8 Å². The van der Waals surface area contributed by atoms with Gasteiger partial charge in [0.1, 0.15) is 0 Å². The minimum Gasteiger partial charge on any atom is -0.383 e. The fourth-order valence-corrected chi connectivity index (χ4v) is 7.49. The lowest BCUT2D eigenvalue weighted by Gasteiger charge is -2.39. The monoisotopic (exact) mass is 535 g/mol. The van der Waals surface area contributed by atoms with Gasteiger partial charge < -0.3 is 9.64 Å². The molecule has 0 saturated carbocycles. The van der Waals surface area contributed by atoms with E-state index in [1.165, 1.54) is 11.8 Å². The quantitative estimate of drug-likeness (QED) is 0.452. The second-order valence-electron chi connectivity index (χ2n) is 9.66. The van der Waals surface area contributed by atoms with Crippen molar-refractivity contribution in [2.24, 2.45) is 0 Å². The molecule has 1 aromatic heterocycles. The predicted octanol–water partition coefficient (Wildman–Crippen LogP) is 3.65. The van der Waals surface area contributed by atoms with Crippen LogP contribution in [0.4, 0.5) is 0 Å². The van der Waals surface area contributed by atoms with E-state index in [0.717, 1.165) is 44.1 Å². The van der Waals surface area contributed by atoms with Crippen LogP contribution < -0.4 is 0 Å². The third kappa shape index (κ3) is 5.95. The Hall–Kier alpha value is -1.95. The van der Waals surface area contributed by atoms with E-state index in [-0.39, 0.29) is 18.0 Å². The molecule has 3 heterocycles. The summed E-state index contributed by atoms with van der Waals surface area (Å²) in [7, 11) is -1.86. The maximum absolute atomic E-state index is 13.0. The molecule has 1 amide bonds. The van der Waals surface area contributed by atoms with Crippen LogP contribution in [0.5, 0.6) is 0 Å².